The van der Waals surface area contributed by atoms with Gasteiger partial charge < -0.3 is 15.2 Å². The van der Waals surface area contributed by atoms with Crippen molar-refractivity contribution in [2.24, 2.45) is 0 Å². The fourth-order valence-corrected chi connectivity index (χ4v) is 1.65. The third-order valence-corrected chi connectivity index (χ3v) is 2.99. The van der Waals surface area contributed by atoms with Crippen LogP contribution < -0.4 is 10.6 Å². The van der Waals surface area contributed by atoms with E-state index >= 15 is 0 Å². The minimum absolute atomic E-state index is 0.0212. The number of amides is 1. The van der Waals surface area contributed by atoms with Gasteiger partial charge in [0.2, 0.25) is 5.91 Å². The average molecular weight is 235 g/mol. The van der Waals surface area contributed by atoms with E-state index in [4.69, 9.17) is 0 Å². The third kappa shape index (κ3) is 2.52. The highest BCUT2D eigenvalue weighted by atomic mass is 16.1. The fraction of sp³-hybridized carbons (Fsp3) is 0.545. The second kappa shape index (κ2) is 5.09. The molecule has 0 bridgehead atoms. The molecule has 1 aromatic rings. The number of nitrogens with one attached hydrogen (secondary N) is 2. The molecule has 0 aliphatic carbocycles. The maximum absolute atomic E-state index is 11.8. The first kappa shape index (κ1) is 11.8. The van der Waals surface area contributed by atoms with E-state index in [0.717, 1.165) is 31.0 Å². The minimum Gasteiger partial charge on any atom is -0.345 e. The molecule has 17 heavy (non-hydrogen) atoms. The Bertz CT molecular complexity index is 442. The second-order valence-electron chi connectivity index (χ2n) is 4.05. The molecule has 1 aliphatic heterocycles. The SMILES string of the molecule is CCn1cnnc1CNC(=O)C(C)=C1CNC1. The monoisotopic (exact) mass is 235 g/mol. The van der Waals surface area contributed by atoms with E-state index in [-0.39, 0.29) is 5.91 Å². The Labute approximate surface area is 100 Å². The molecular weight excluding hydrogens is 218 g/mol. The molecule has 1 aromatic heterocycles. The normalized spacial score (nSPS) is 14.4. The van der Waals surface area contributed by atoms with Crippen LogP contribution in [0.4, 0.5) is 0 Å². The van der Waals surface area contributed by atoms with Crippen molar-refractivity contribution in [1.29, 1.82) is 0 Å². The first-order chi connectivity index (χ1) is 8.22. The van der Waals surface area contributed by atoms with Gasteiger partial charge >= 0.3 is 0 Å². The summed E-state index contributed by atoms with van der Waals surface area (Å²) in [5.41, 5.74) is 1.99. The predicted octanol–water partition coefficient (Wildman–Crippen LogP) is -0.166. The van der Waals surface area contributed by atoms with Crippen LogP contribution in [0, 0.1) is 0 Å². The van der Waals surface area contributed by atoms with Crippen LogP contribution >= 0.6 is 0 Å². The number of hydrogen-bond acceptors (Lipinski definition) is 4. The Kier molecular flexibility index (Phi) is 3.53. The van der Waals surface area contributed by atoms with Crippen LogP contribution in [-0.2, 0) is 17.9 Å². The molecular formula is C11H17N5O. The molecule has 1 fully saturated rings. The zero-order valence-corrected chi connectivity index (χ0v) is 10.2. The zero-order valence-electron chi connectivity index (χ0n) is 10.2. The van der Waals surface area contributed by atoms with Crippen molar-refractivity contribution in [2.45, 2.75) is 26.9 Å². The molecule has 2 heterocycles. The lowest BCUT2D eigenvalue weighted by Gasteiger charge is -2.21. The molecule has 92 valence electrons. The van der Waals surface area contributed by atoms with Gasteiger partial charge in [0, 0.05) is 25.2 Å². The molecule has 0 unspecified atom stereocenters. The van der Waals surface area contributed by atoms with Crippen LogP contribution in [0.5, 0.6) is 0 Å². The zero-order chi connectivity index (χ0) is 12.3. The van der Waals surface area contributed by atoms with Gasteiger partial charge in [-0.05, 0) is 19.4 Å². The Balaban J connectivity index is 1.92. The highest BCUT2D eigenvalue weighted by Gasteiger charge is 2.16. The van der Waals surface area contributed by atoms with E-state index in [1.807, 2.05) is 18.4 Å². The maximum atomic E-state index is 11.8. The van der Waals surface area contributed by atoms with Gasteiger partial charge in [-0.2, -0.15) is 0 Å². The summed E-state index contributed by atoms with van der Waals surface area (Å²) in [4.78, 5) is 11.8. The highest BCUT2D eigenvalue weighted by molar-refractivity contribution is 5.93. The van der Waals surface area contributed by atoms with Crippen molar-refractivity contribution < 1.29 is 4.79 Å². The second-order valence-corrected chi connectivity index (χ2v) is 4.05. The summed E-state index contributed by atoms with van der Waals surface area (Å²) >= 11 is 0. The minimum atomic E-state index is -0.0212. The number of hydrogen-bond donors (Lipinski definition) is 2. The molecule has 2 rings (SSSR count). The number of carbonyl (C=O) groups is 1. The molecule has 1 aliphatic rings. The Hall–Kier alpha value is -1.69. The van der Waals surface area contributed by atoms with Crippen molar-refractivity contribution in [2.75, 3.05) is 13.1 Å². The van der Waals surface area contributed by atoms with Crippen molar-refractivity contribution in [3.63, 3.8) is 0 Å². The number of aryl methyl sites for hydroxylation is 1. The summed E-state index contributed by atoms with van der Waals surface area (Å²) in [7, 11) is 0. The molecule has 0 aromatic carbocycles. The van der Waals surface area contributed by atoms with E-state index in [9.17, 15) is 4.79 Å². The number of carbonyl (C=O) groups excluding carboxylic acids is 1. The first-order valence-corrected chi connectivity index (χ1v) is 5.76. The molecule has 6 nitrogen and oxygen atoms in total. The van der Waals surface area contributed by atoms with Gasteiger partial charge in [0.25, 0.3) is 0 Å². The molecule has 1 saturated heterocycles. The van der Waals surface area contributed by atoms with E-state index < -0.39 is 0 Å². The standard InChI is InChI=1S/C11H17N5O/c1-3-16-7-14-15-10(16)6-13-11(17)8(2)9-4-12-5-9/h7,12H,3-6H2,1-2H3,(H,13,17). The van der Waals surface area contributed by atoms with Gasteiger partial charge in [0.05, 0.1) is 6.54 Å². The lowest BCUT2D eigenvalue weighted by atomic mass is 10.0. The number of aromatic nitrogens is 3. The van der Waals surface area contributed by atoms with E-state index in [0.29, 0.717) is 6.54 Å². The number of nitrogens with zero attached hydrogens (tertiary/aromatic N) is 3. The average Bonchev–Trinajstić information content (AvgIpc) is 2.70. The van der Waals surface area contributed by atoms with Crippen molar-refractivity contribution in [1.82, 2.24) is 25.4 Å². The first-order valence-electron chi connectivity index (χ1n) is 5.76. The van der Waals surface area contributed by atoms with Crippen LogP contribution in [0.15, 0.2) is 17.5 Å². The third-order valence-electron chi connectivity index (χ3n) is 2.99. The summed E-state index contributed by atoms with van der Waals surface area (Å²) in [6, 6.07) is 0. The van der Waals surface area contributed by atoms with Gasteiger partial charge in [-0.15, -0.1) is 10.2 Å². The molecule has 0 radical (unpaired) electrons. The maximum Gasteiger partial charge on any atom is 0.247 e. The van der Waals surface area contributed by atoms with Crippen LogP contribution in [0.2, 0.25) is 0 Å². The van der Waals surface area contributed by atoms with E-state index in [1.54, 1.807) is 6.33 Å². The van der Waals surface area contributed by atoms with Crippen molar-refractivity contribution >= 4 is 5.91 Å². The van der Waals surface area contributed by atoms with Gasteiger partial charge in [0.15, 0.2) is 5.82 Å². The topological polar surface area (TPSA) is 71.8 Å². The fourth-order valence-electron chi connectivity index (χ4n) is 1.65. The molecule has 0 atom stereocenters. The lowest BCUT2D eigenvalue weighted by molar-refractivity contribution is -0.117. The van der Waals surface area contributed by atoms with Gasteiger partial charge in [-0.3, -0.25) is 4.79 Å². The van der Waals surface area contributed by atoms with Crippen LogP contribution in [0.25, 0.3) is 0 Å². The van der Waals surface area contributed by atoms with Gasteiger partial charge in [0.1, 0.15) is 6.33 Å². The Morgan fingerprint density at radius 1 is 1.59 bits per heavy atom. The molecule has 0 saturated carbocycles. The quantitative estimate of drug-likeness (QED) is 0.711. The molecule has 0 spiro atoms. The largest absolute Gasteiger partial charge is 0.345 e. The summed E-state index contributed by atoms with van der Waals surface area (Å²) < 4.78 is 1.91. The Morgan fingerprint density at radius 2 is 2.35 bits per heavy atom. The lowest BCUT2D eigenvalue weighted by Crippen LogP contribution is -2.37. The smallest absolute Gasteiger partial charge is 0.247 e. The Morgan fingerprint density at radius 3 is 2.94 bits per heavy atom. The van der Waals surface area contributed by atoms with E-state index in [1.165, 1.54) is 5.57 Å². The summed E-state index contributed by atoms with van der Waals surface area (Å²) in [5.74, 6) is 0.762. The molecule has 6 heteroatoms. The number of rotatable bonds is 4. The summed E-state index contributed by atoms with van der Waals surface area (Å²) in [5, 5.41) is 13.8. The molecule has 1 amide bonds. The highest BCUT2D eigenvalue weighted by Crippen LogP contribution is 2.08. The van der Waals surface area contributed by atoms with E-state index in [2.05, 4.69) is 20.8 Å². The van der Waals surface area contributed by atoms with Crippen molar-refractivity contribution in [3.8, 4) is 0 Å². The van der Waals surface area contributed by atoms with Gasteiger partial charge in [-0.25, -0.2) is 0 Å². The summed E-state index contributed by atoms with van der Waals surface area (Å²) in [6.45, 7) is 6.75. The van der Waals surface area contributed by atoms with Crippen molar-refractivity contribution in [3.05, 3.63) is 23.3 Å². The summed E-state index contributed by atoms with van der Waals surface area (Å²) in [6.07, 6.45) is 1.67. The van der Waals surface area contributed by atoms with Crippen LogP contribution in [0.1, 0.15) is 19.7 Å². The van der Waals surface area contributed by atoms with Crippen LogP contribution in [0.3, 0.4) is 0 Å². The molecule has 2 N–H and O–H groups in total. The van der Waals surface area contributed by atoms with Crippen LogP contribution in [-0.4, -0.2) is 33.8 Å². The van der Waals surface area contributed by atoms with Gasteiger partial charge in [-0.1, -0.05) is 0 Å². The predicted molar refractivity (Wildman–Crippen MR) is 63.1 cm³/mol.